The smallest absolute Gasteiger partial charge is 0.187 e. The Hall–Kier alpha value is -2.30. The standard InChI is InChI=1S/C14H9F2NO2/c15-9-5-7(6-10(16)14(9)19)11-2-1-8-12(17-11)3-4-13(8)18/h1-2,5-6,19H,3-4H2. The lowest BCUT2D eigenvalue weighted by molar-refractivity contribution is 0.0994. The van der Waals surface area contributed by atoms with Crippen molar-refractivity contribution in [2.45, 2.75) is 12.8 Å². The normalized spacial score (nSPS) is 13.7. The molecular formula is C14H9F2NO2. The molecule has 1 aliphatic carbocycles. The Morgan fingerprint density at radius 1 is 1.11 bits per heavy atom. The van der Waals surface area contributed by atoms with Crippen molar-refractivity contribution in [2.24, 2.45) is 0 Å². The molecule has 0 bridgehead atoms. The van der Waals surface area contributed by atoms with Gasteiger partial charge < -0.3 is 5.11 Å². The quantitative estimate of drug-likeness (QED) is 0.858. The average molecular weight is 261 g/mol. The molecule has 5 heteroatoms. The predicted octanol–water partition coefficient (Wildman–Crippen LogP) is 2.86. The molecule has 96 valence electrons. The third-order valence-electron chi connectivity index (χ3n) is 3.18. The van der Waals surface area contributed by atoms with Gasteiger partial charge in [-0.05, 0) is 30.7 Å². The Labute approximate surface area is 107 Å². The van der Waals surface area contributed by atoms with Crippen LogP contribution in [0.5, 0.6) is 5.75 Å². The van der Waals surface area contributed by atoms with E-state index in [9.17, 15) is 13.6 Å². The second-order valence-corrected chi connectivity index (χ2v) is 4.40. The largest absolute Gasteiger partial charge is 0.503 e. The van der Waals surface area contributed by atoms with E-state index < -0.39 is 17.4 Å². The van der Waals surface area contributed by atoms with Crippen molar-refractivity contribution in [1.29, 1.82) is 0 Å². The number of aryl methyl sites for hydroxylation is 1. The lowest BCUT2D eigenvalue weighted by atomic mass is 10.1. The minimum Gasteiger partial charge on any atom is -0.503 e. The van der Waals surface area contributed by atoms with Crippen LogP contribution in [0.25, 0.3) is 11.3 Å². The first-order valence-corrected chi connectivity index (χ1v) is 5.78. The van der Waals surface area contributed by atoms with Crippen LogP contribution in [-0.4, -0.2) is 15.9 Å². The number of hydrogen-bond acceptors (Lipinski definition) is 3. The van der Waals surface area contributed by atoms with Crippen LogP contribution in [-0.2, 0) is 6.42 Å². The zero-order chi connectivity index (χ0) is 13.6. The Bertz CT molecular complexity index is 675. The number of aromatic hydroxyl groups is 1. The second-order valence-electron chi connectivity index (χ2n) is 4.40. The van der Waals surface area contributed by atoms with Crippen LogP contribution in [0.1, 0.15) is 22.5 Å². The molecule has 0 spiro atoms. The fourth-order valence-electron chi connectivity index (χ4n) is 2.19. The SMILES string of the molecule is O=C1CCc2nc(-c3cc(F)c(O)c(F)c3)ccc21. The first-order valence-electron chi connectivity index (χ1n) is 5.78. The minimum absolute atomic E-state index is 0.0390. The van der Waals surface area contributed by atoms with Crippen molar-refractivity contribution >= 4 is 5.78 Å². The number of benzene rings is 1. The van der Waals surface area contributed by atoms with Crippen LogP contribution in [0.2, 0.25) is 0 Å². The zero-order valence-electron chi connectivity index (χ0n) is 9.78. The number of nitrogens with zero attached hydrogens (tertiary/aromatic N) is 1. The molecule has 0 unspecified atom stereocenters. The van der Waals surface area contributed by atoms with Gasteiger partial charge in [0.05, 0.1) is 11.4 Å². The maximum atomic E-state index is 13.3. The monoisotopic (exact) mass is 261 g/mol. The van der Waals surface area contributed by atoms with Crippen LogP contribution in [0, 0.1) is 11.6 Å². The number of hydrogen-bond donors (Lipinski definition) is 1. The molecule has 0 aliphatic heterocycles. The molecule has 1 N–H and O–H groups in total. The van der Waals surface area contributed by atoms with E-state index in [1.807, 2.05) is 0 Å². The molecule has 0 amide bonds. The Kier molecular flexibility index (Phi) is 2.55. The molecule has 1 heterocycles. The van der Waals surface area contributed by atoms with Crippen LogP contribution < -0.4 is 0 Å². The van der Waals surface area contributed by atoms with E-state index in [1.165, 1.54) is 0 Å². The lowest BCUT2D eigenvalue weighted by Gasteiger charge is -2.05. The highest BCUT2D eigenvalue weighted by Crippen LogP contribution is 2.29. The summed E-state index contributed by atoms with van der Waals surface area (Å²) in [7, 11) is 0. The summed E-state index contributed by atoms with van der Waals surface area (Å²) in [6.07, 6.45) is 0.967. The number of rotatable bonds is 1. The summed E-state index contributed by atoms with van der Waals surface area (Å²) in [6, 6.07) is 5.21. The fourth-order valence-corrected chi connectivity index (χ4v) is 2.19. The van der Waals surface area contributed by atoms with Crippen LogP contribution in [0.15, 0.2) is 24.3 Å². The molecule has 1 aromatic carbocycles. The van der Waals surface area contributed by atoms with Gasteiger partial charge in [-0.1, -0.05) is 0 Å². The van der Waals surface area contributed by atoms with Gasteiger partial charge in [-0.2, -0.15) is 0 Å². The van der Waals surface area contributed by atoms with Gasteiger partial charge in [0.2, 0.25) is 0 Å². The number of carbonyl (C=O) groups is 1. The summed E-state index contributed by atoms with van der Waals surface area (Å²) in [5, 5.41) is 9.05. The van der Waals surface area contributed by atoms with E-state index in [2.05, 4.69) is 4.98 Å². The number of carbonyl (C=O) groups excluding carboxylic acids is 1. The maximum absolute atomic E-state index is 13.3. The molecule has 0 atom stereocenters. The molecule has 1 aliphatic rings. The molecule has 0 fully saturated rings. The number of aromatic nitrogens is 1. The number of phenolic OH excluding ortho intramolecular Hbond substituents is 1. The van der Waals surface area contributed by atoms with Crippen molar-refractivity contribution in [3.8, 4) is 17.0 Å². The molecule has 0 saturated heterocycles. The Morgan fingerprint density at radius 3 is 2.47 bits per heavy atom. The van der Waals surface area contributed by atoms with Gasteiger partial charge >= 0.3 is 0 Å². The van der Waals surface area contributed by atoms with Crippen LogP contribution >= 0.6 is 0 Å². The van der Waals surface area contributed by atoms with E-state index in [-0.39, 0.29) is 11.3 Å². The molecule has 3 rings (SSSR count). The molecule has 3 nitrogen and oxygen atoms in total. The van der Waals surface area contributed by atoms with Gasteiger partial charge in [-0.3, -0.25) is 9.78 Å². The first kappa shape index (κ1) is 11.8. The highest BCUT2D eigenvalue weighted by Gasteiger charge is 2.21. The summed E-state index contributed by atoms with van der Waals surface area (Å²) in [4.78, 5) is 15.7. The van der Waals surface area contributed by atoms with E-state index >= 15 is 0 Å². The fraction of sp³-hybridized carbons (Fsp3) is 0.143. The zero-order valence-corrected chi connectivity index (χ0v) is 9.78. The van der Waals surface area contributed by atoms with Gasteiger partial charge in [0, 0.05) is 17.5 Å². The van der Waals surface area contributed by atoms with Gasteiger partial charge in [0.1, 0.15) is 0 Å². The topological polar surface area (TPSA) is 50.2 Å². The first-order chi connectivity index (χ1) is 9.06. The third-order valence-corrected chi connectivity index (χ3v) is 3.18. The molecule has 2 aromatic rings. The van der Waals surface area contributed by atoms with Gasteiger partial charge in [-0.15, -0.1) is 0 Å². The second kappa shape index (κ2) is 4.12. The Morgan fingerprint density at radius 2 is 1.79 bits per heavy atom. The van der Waals surface area contributed by atoms with Gasteiger partial charge in [0.25, 0.3) is 0 Å². The number of pyridine rings is 1. The molecule has 0 saturated carbocycles. The minimum atomic E-state index is -1.03. The average Bonchev–Trinajstić information content (AvgIpc) is 2.76. The molecule has 19 heavy (non-hydrogen) atoms. The van der Waals surface area contributed by atoms with E-state index in [4.69, 9.17) is 5.11 Å². The number of phenols is 1. The molecule has 1 aromatic heterocycles. The predicted molar refractivity (Wildman–Crippen MR) is 63.9 cm³/mol. The number of ketones is 1. The summed E-state index contributed by atoms with van der Waals surface area (Å²) < 4.78 is 26.6. The summed E-state index contributed by atoms with van der Waals surface area (Å²) >= 11 is 0. The van der Waals surface area contributed by atoms with Crippen LogP contribution in [0.4, 0.5) is 8.78 Å². The van der Waals surface area contributed by atoms with E-state index in [0.29, 0.717) is 29.8 Å². The van der Waals surface area contributed by atoms with E-state index in [1.54, 1.807) is 12.1 Å². The van der Waals surface area contributed by atoms with Crippen molar-refractivity contribution in [3.05, 3.63) is 47.2 Å². The summed E-state index contributed by atoms with van der Waals surface area (Å²) in [5.41, 5.74) is 1.83. The van der Waals surface area contributed by atoms with Crippen molar-refractivity contribution in [3.63, 3.8) is 0 Å². The summed E-state index contributed by atoms with van der Waals surface area (Å²) in [5.74, 6) is -3.03. The summed E-state index contributed by atoms with van der Waals surface area (Å²) in [6.45, 7) is 0. The van der Waals surface area contributed by atoms with E-state index in [0.717, 1.165) is 12.1 Å². The highest BCUT2D eigenvalue weighted by atomic mass is 19.1. The van der Waals surface area contributed by atoms with Gasteiger partial charge in [0.15, 0.2) is 23.2 Å². The molecular weight excluding hydrogens is 252 g/mol. The van der Waals surface area contributed by atoms with Crippen molar-refractivity contribution < 1.29 is 18.7 Å². The van der Waals surface area contributed by atoms with Crippen molar-refractivity contribution in [1.82, 2.24) is 4.98 Å². The number of fused-ring (bicyclic) bond motifs is 1. The van der Waals surface area contributed by atoms with Crippen molar-refractivity contribution in [2.75, 3.05) is 0 Å². The van der Waals surface area contributed by atoms with Gasteiger partial charge in [-0.25, -0.2) is 8.78 Å². The highest BCUT2D eigenvalue weighted by molar-refractivity contribution is 6.00. The Balaban J connectivity index is 2.11. The van der Waals surface area contributed by atoms with Crippen LogP contribution in [0.3, 0.4) is 0 Å². The third kappa shape index (κ3) is 1.87. The lowest BCUT2D eigenvalue weighted by Crippen LogP contribution is -1.95. The molecule has 0 radical (unpaired) electrons. The number of Topliss-reactive ketones (excluding diaryl/α,β-unsaturated/α-hetero) is 1. The number of halogens is 2. The maximum Gasteiger partial charge on any atom is 0.187 e.